The van der Waals surface area contributed by atoms with Crippen LogP contribution in [0.3, 0.4) is 0 Å². The monoisotopic (exact) mass is 215 g/mol. The molecule has 0 bridgehead atoms. The van der Waals surface area contributed by atoms with Gasteiger partial charge < -0.3 is 4.74 Å². The van der Waals surface area contributed by atoms with Crippen molar-refractivity contribution in [3.8, 4) is 6.07 Å². The molecule has 0 aliphatic rings. The molecule has 0 aliphatic heterocycles. The first-order valence-electron chi connectivity index (χ1n) is 3.28. The van der Waals surface area contributed by atoms with Crippen molar-refractivity contribution in [1.29, 1.82) is 5.26 Å². The lowest BCUT2D eigenvalue weighted by Gasteiger charge is -2.21. The minimum Gasteiger partial charge on any atom is -0.494 e. The molecule has 0 saturated carbocycles. The highest BCUT2D eigenvalue weighted by Crippen LogP contribution is 2.42. The standard InChI is InChI=1S/C7H6F5NO/c1-4(3-13)5(14-2)6(8,9)7(10,11)12/h1-2H3/b5-4-. The molecule has 0 saturated heterocycles. The molecule has 0 amide bonds. The van der Waals surface area contributed by atoms with Crippen LogP contribution in [0.1, 0.15) is 6.92 Å². The lowest BCUT2D eigenvalue weighted by atomic mass is 10.1. The third kappa shape index (κ3) is 2.13. The summed E-state index contributed by atoms with van der Waals surface area (Å²) in [5.74, 6) is -6.81. The van der Waals surface area contributed by atoms with Gasteiger partial charge in [-0.3, -0.25) is 0 Å². The number of rotatable bonds is 2. The van der Waals surface area contributed by atoms with Gasteiger partial charge in [0.2, 0.25) is 0 Å². The largest absolute Gasteiger partial charge is 0.494 e. The summed E-state index contributed by atoms with van der Waals surface area (Å²) in [6.07, 6.45) is -5.77. The molecule has 7 heteroatoms. The molecule has 0 aromatic carbocycles. The first-order valence-corrected chi connectivity index (χ1v) is 3.28. The van der Waals surface area contributed by atoms with Crippen LogP contribution in [-0.4, -0.2) is 19.2 Å². The molecule has 0 fully saturated rings. The van der Waals surface area contributed by atoms with Crippen LogP contribution >= 0.6 is 0 Å². The number of allylic oxidation sites excluding steroid dienone is 2. The SMILES string of the molecule is CO/C(=C(/C)C#N)C(F)(F)C(F)(F)F. The zero-order valence-corrected chi connectivity index (χ0v) is 7.25. The zero-order chi connectivity index (χ0) is 11.6. The Bertz CT molecular complexity index is 285. The fraction of sp³-hybridized carbons (Fsp3) is 0.571. The number of hydrogen-bond donors (Lipinski definition) is 0. The fourth-order valence-corrected chi connectivity index (χ4v) is 0.696. The maximum atomic E-state index is 12.6. The summed E-state index contributed by atoms with van der Waals surface area (Å²) in [6, 6.07) is 1.17. The molecule has 80 valence electrons. The van der Waals surface area contributed by atoms with Crippen molar-refractivity contribution in [2.24, 2.45) is 0 Å². The van der Waals surface area contributed by atoms with Crippen molar-refractivity contribution in [1.82, 2.24) is 0 Å². The maximum absolute atomic E-state index is 12.6. The Morgan fingerprint density at radius 2 is 1.64 bits per heavy atom. The highest BCUT2D eigenvalue weighted by atomic mass is 19.4. The number of methoxy groups -OCH3 is 1. The van der Waals surface area contributed by atoms with E-state index in [0.717, 1.165) is 6.92 Å². The highest BCUT2D eigenvalue weighted by Gasteiger charge is 2.62. The average Bonchev–Trinajstić information content (AvgIpc) is 2.02. The van der Waals surface area contributed by atoms with Crippen molar-refractivity contribution in [2.45, 2.75) is 19.0 Å². The molecule has 0 rings (SSSR count). The zero-order valence-electron chi connectivity index (χ0n) is 7.25. The van der Waals surface area contributed by atoms with E-state index in [0.29, 0.717) is 7.11 Å². The smallest absolute Gasteiger partial charge is 0.461 e. The molecule has 0 atom stereocenters. The van der Waals surface area contributed by atoms with E-state index in [-0.39, 0.29) is 0 Å². The van der Waals surface area contributed by atoms with E-state index in [1.807, 2.05) is 0 Å². The van der Waals surface area contributed by atoms with Gasteiger partial charge in [-0.05, 0) is 6.92 Å². The molecule has 0 unspecified atom stereocenters. The molecule has 0 radical (unpaired) electrons. The second kappa shape index (κ2) is 3.82. The Balaban J connectivity index is 5.39. The number of ether oxygens (including phenoxy) is 1. The molecule has 2 nitrogen and oxygen atoms in total. The Hall–Kier alpha value is -1.32. The van der Waals surface area contributed by atoms with Crippen molar-refractivity contribution in [2.75, 3.05) is 7.11 Å². The third-order valence-electron chi connectivity index (χ3n) is 1.35. The van der Waals surface area contributed by atoms with Gasteiger partial charge in [-0.2, -0.15) is 27.2 Å². The average molecular weight is 215 g/mol. The van der Waals surface area contributed by atoms with Crippen LogP contribution in [-0.2, 0) is 4.74 Å². The first kappa shape index (κ1) is 12.7. The van der Waals surface area contributed by atoms with Gasteiger partial charge in [-0.25, -0.2) is 0 Å². The Labute approximate surface area is 76.6 Å². The Morgan fingerprint density at radius 1 is 1.21 bits per heavy atom. The fourth-order valence-electron chi connectivity index (χ4n) is 0.696. The number of alkyl halides is 5. The topological polar surface area (TPSA) is 33.0 Å². The predicted octanol–water partition coefficient (Wildman–Crippen LogP) is 2.63. The molecular weight excluding hydrogens is 209 g/mol. The van der Waals surface area contributed by atoms with Gasteiger partial charge in [-0.15, -0.1) is 0 Å². The van der Waals surface area contributed by atoms with Gasteiger partial charge in [0.05, 0.1) is 18.8 Å². The maximum Gasteiger partial charge on any atom is 0.461 e. The minimum absolute atomic E-state index is 0.649. The van der Waals surface area contributed by atoms with Gasteiger partial charge in [0.15, 0.2) is 5.76 Å². The molecule has 0 aromatic rings. The number of hydrogen-bond acceptors (Lipinski definition) is 2. The van der Waals surface area contributed by atoms with E-state index in [4.69, 9.17) is 5.26 Å². The lowest BCUT2D eigenvalue weighted by Crippen LogP contribution is -2.39. The van der Waals surface area contributed by atoms with Crippen LogP contribution in [0.25, 0.3) is 0 Å². The van der Waals surface area contributed by atoms with Crippen LogP contribution in [0.15, 0.2) is 11.3 Å². The number of nitrogens with zero attached hydrogens (tertiary/aromatic N) is 1. The summed E-state index contributed by atoms with van der Waals surface area (Å²) in [4.78, 5) is 0. The van der Waals surface area contributed by atoms with Crippen LogP contribution in [0, 0.1) is 11.3 Å². The van der Waals surface area contributed by atoms with Crippen LogP contribution < -0.4 is 0 Å². The predicted molar refractivity (Wildman–Crippen MR) is 36.3 cm³/mol. The summed E-state index contributed by atoms with van der Waals surface area (Å²) in [7, 11) is 0.649. The summed E-state index contributed by atoms with van der Waals surface area (Å²) in [6.45, 7) is 0.818. The van der Waals surface area contributed by atoms with E-state index in [9.17, 15) is 22.0 Å². The Kier molecular flexibility index (Phi) is 3.46. The van der Waals surface area contributed by atoms with Gasteiger partial charge in [0, 0.05) is 0 Å². The minimum atomic E-state index is -5.77. The normalized spacial score (nSPS) is 14.4. The van der Waals surface area contributed by atoms with Crippen LogP contribution in [0.4, 0.5) is 22.0 Å². The van der Waals surface area contributed by atoms with Crippen LogP contribution in [0.2, 0.25) is 0 Å². The van der Waals surface area contributed by atoms with Gasteiger partial charge in [-0.1, -0.05) is 0 Å². The van der Waals surface area contributed by atoms with Crippen molar-refractivity contribution in [3.63, 3.8) is 0 Å². The van der Waals surface area contributed by atoms with E-state index in [1.54, 1.807) is 0 Å². The van der Waals surface area contributed by atoms with Crippen LogP contribution in [0.5, 0.6) is 0 Å². The van der Waals surface area contributed by atoms with Crippen molar-refractivity contribution >= 4 is 0 Å². The van der Waals surface area contributed by atoms with Crippen molar-refractivity contribution < 1.29 is 26.7 Å². The number of nitriles is 1. The first-order chi connectivity index (χ1) is 6.18. The van der Waals surface area contributed by atoms with Crippen molar-refractivity contribution in [3.05, 3.63) is 11.3 Å². The highest BCUT2D eigenvalue weighted by molar-refractivity contribution is 5.27. The van der Waals surface area contributed by atoms with E-state index in [2.05, 4.69) is 4.74 Å². The van der Waals surface area contributed by atoms with E-state index < -0.39 is 23.4 Å². The van der Waals surface area contributed by atoms with E-state index in [1.165, 1.54) is 6.07 Å². The lowest BCUT2D eigenvalue weighted by molar-refractivity contribution is -0.276. The molecule has 0 heterocycles. The van der Waals surface area contributed by atoms with E-state index >= 15 is 0 Å². The summed E-state index contributed by atoms with van der Waals surface area (Å²) >= 11 is 0. The molecule has 0 N–H and O–H groups in total. The molecule has 0 aromatic heterocycles. The molecular formula is C7H6F5NO. The second-order valence-corrected chi connectivity index (χ2v) is 2.34. The third-order valence-corrected chi connectivity index (χ3v) is 1.35. The van der Waals surface area contributed by atoms with Gasteiger partial charge in [0.25, 0.3) is 0 Å². The summed E-state index contributed by atoms with van der Waals surface area (Å²) in [5, 5.41) is 8.18. The molecule has 0 aliphatic carbocycles. The quantitative estimate of drug-likeness (QED) is 0.403. The Morgan fingerprint density at radius 3 is 1.86 bits per heavy atom. The summed E-state index contributed by atoms with van der Waals surface area (Å²) < 4.78 is 64.4. The van der Waals surface area contributed by atoms with Gasteiger partial charge >= 0.3 is 12.1 Å². The van der Waals surface area contributed by atoms with Gasteiger partial charge in [0.1, 0.15) is 0 Å². The second-order valence-electron chi connectivity index (χ2n) is 2.34. The number of halogens is 5. The summed E-state index contributed by atoms with van der Waals surface area (Å²) in [5.41, 5.74) is -0.810. The molecule has 0 spiro atoms. The molecule has 14 heavy (non-hydrogen) atoms.